The topological polar surface area (TPSA) is 90.9 Å². The summed E-state index contributed by atoms with van der Waals surface area (Å²) in [6, 6.07) is 2.91. The van der Waals surface area contributed by atoms with Crippen LogP contribution in [0.4, 0.5) is 5.69 Å². The Hall–Kier alpha value is -2.57. The summed E-state index contributed by atoms with van der Waals surface area (Å²) in [7, 11) is 0. The zero-order chi connectivity index (χ0) is 14.3. The predicted molar refractivity (Wildman–Crippen MR) is 71.0 cm³/mol. The molecule has 1 aliphatic carbocycles. The van der Waals surface area contributed by atoms with Gasteiger partial charge >= 0.3 is 5.69 Å². The minimum absolute atomic E-state index is 0.392. The van der Waals surface area contributed by atoms with Crippen molar-refractivity contribution in [2.45, 2.75) is 25.7 Å². The second-order valence-corrected chi connectivity index (χ2v) is 4.86. The summed E-state index contributed by atoms with van der Waals surface area (Å²) in [5.74, 6) is 1.70. The van der Waals surface area contributed by atoms with Gasteiger partial charge < -0.3 is 4.57 Å². The zero-order valence-corrected chi connectivity index (χ0v) is 10.8. The molecule has 102 valence electrons. The Labute approximate surface area is 114 Å². The minimum atomic E-state index is -0.686. The molecule has 0 amide bonds. The first-order valence-electron chi connectivity index (χ1n) is 6.27. The van der Waals surface area contributed by atoms with Gasteiger partial charge in [-0.25, -0.2) is 9.97 Å². The van der Waals surface area contributed by atoms with Gasteiger partial charge in [-0.3, -0.25) is 14.9 Å². The number of pyridine rings is 1. The third-order valence-electron chi connectivity index (χ3n) is 3.16. The van der Waals surface area contributed by atoms with Gasteiger partial charge in [0.05, 0.1) is 11.1 Å². The molecule has 1 fully saturated rings. The monoisotopic (exact) mass is 272 g/mol. The Bertz CT molecular complexity index is 750. The van der Waals surface area contributed by atoms with E-state index in [2.05, 4.69) is 9.97 Å². The van der Waals surface area contributed by atoms with E-state index in [1.807, 2.05) is 6.92 Å². The van der Waals surface area contributed by atoms with Crippen molar-refractivity contribution < 1.29 is 4.92 Å². The molecule has 3 rings (SSSR count). The summed E-state index contributed by atoms with van der Waals surface area (Å²) >= 11 is 0. The summed E-state index contributed by atoms with van der Waals surface area (Å²) in [5, 5.41) is 10.8. The fourth-order valence-corrected chi connectivity index (χ4v) is 1.98. The second kappa shape index (κ2) is 4.52. The van der Waals surface area contributed by atoms with E-state index in [0.717, 1.165) is 24.4 Å². The van der Waals surface area contributed by atoms with Gasteiger partial charge in [0.25, 0.3) is 5.43 Å². The van der Waals surface area contributed by atoms with Crippen molar-refractivity contribution in [3.8, 4) is 5.82 Å². The second-order valence-electron chi connectivity index (χ2n) is 4.86. The summed E-state index contributed by atoms with van der Waals surface area (Å²) in [6.45, 7) is 1.86. The molecule has 20 heavy (non-hydrogen) atoms. The first kappa shape index (κ1) is 12.5. The van der Waals surface area contributed by atoms with Gasteiger partial charge in [-0.2, -0.15) is 0 Å². The molecular weight excluding hydrogens is 260 g/mol. The van der Waals surface area contributed by atoms with E-state index in [9.17, 15) is 14.9 Å². The smallest absolute Gasteiger partial charge is 0.301 e. The molecule has 1 saturated carbocycles. The largest absolute Gasteiger partial charge is 0.332 e. The molecule has 0 unspecified atom stereocenters. The number of nitrogens with zero attached hydrogens (tertiary/aromatic N) is 4. The van der Waals surface area contributed by atoms with Crippen LogP contribution in [-0.2, 0) is 0 Å². The zero-order valence-electron chi connectivity index (χ0n) is 10.8. The Morgan fingerprint density at radius 2 is 2.15 bits per heavy atom. The Morgan fingerprint density at radius 3 is 2.80 bits per heavy atom. The van der Waals surface area contributed by atoms with E-state index < -0.39 is 16.0 Å². The summed E-state index contributed by atoms with van der Waals surface area (Å²) in [5.41, 5.74) is -0.269. The number of aromatic nitrogens is 3. The molecule has 2 aromatic rings. The predicted octanol–water partition coefficient (Wildman–Crippen LogP) is 1.72. The average molecular weight is 272 g/mol. The molecule has 2 heterocycles. The average Bonchev–Trinajstić information content (AvgIpc) is 3.22. The van der Waals surface area contributed by atoms with Gasteiger partial charge in [0.1, 0.15) is 11.6 Å². The van der Waals surface area contributed by atoms with Crippen molar-refractivity contribution in [1.29, 1.82) is 0 Å². The van der Waals surface area contributed by atoms with Crippen molar-refractivity contribution in [3.05, 3.63) is 56.4 Å². The van der Waals surface area contributed by atoms with Crippen LogP contribution < -0.4 is 5.43 Å². The van der Waals surface area contributed by atoms with E-state index in [1.54, 1.807) is 6.07 Å². The van der Waals surface area contributed by atoms with Crippen LogP contribution in [0.25, 0.3) is 5.82 Å². The van der Waals surface area contributed by atoms with Gasteiger partial charge in [-0.1, -0.05) is 0 Å². The number of nitro groups is 1. The lowest BCUT2D eigenvalue weighted by molar-refractivity contribution is -0.386. The van der Waals surface area contributed by atoms with E-state index >= 15 is 0 Å². The normalized spacial score (nSPS) is 14.2. The molecular formula is C13H12N4O3. The lowest BCUT2D eigenvalue weighted by atomic mass is 10.3. The molecule has 0 spiro atoms. The lowest BCUT2D eigenvalue weighted by Gasteiger charge is -2.08. The fraction of sp³-hybridized carbons (Fsp3) is 0.308. The molecule has 0 aliphatic heterocycles. The number of hydrogen-bond acceptors (Lipinski definition) is 5. The van der Waals surface area contributed by atoms with Gasteiger partial charge in [0, 0.05) is 29.9 Å². The van der Waals surface area contributed by atoms with Crippen molar-refractivity contribution >= 4 is 5.69 Å². The van der Waals surface area contributed by atoms with Crippen LogP contribution in [-0.4, -0.2) is 19.5 Å². The Balaban J connectivity index is 2.10. The van der Waals surface area contributed by atoms with Crippen LogP contribution in [0.1, 0.15) is 30.3 Å². The van der Waals surface area contributed by atoms with E-state index in [-0.39, 0.29) is 0 Å². The van der Waals surface area contributed by atoms with E-state index in [0.29, 0.717) is 11.7 Å². The molecule has 0 aromatic carbocycles. The third-order valence-corrected chi connectivity index (χ3v) is 3.16. The molecule has 0 bridgehead atoms. The maximum absolute atomic E-state index is 11.4. The van der Waals surface area contributed by atoms with Crippen molar-refractivity contribution in [1.82, 2.24) is 14.5 Å². The molecule has 1 aliphatic rings. The molecule has 0 saturated heterocycles. The van der Waals surface area contributed by atoms with E-state index in [4.69, 9.17) is 0 Å². The van der Waals surface area contributed by atoms with Crippen molar-refractivity contribution in [3.63, 3.8) is 0 Å². The van der Waals surface area contributed by atoms with Gasteiger partial charge in [0.2, 0.25) is 0 Å². The van der Waals surface area contributed by atoms with Crippen LogP contribution in [0.3, 0.4) is 0 Å². The van der Waals surface area contributed by atoms with Gasteiger partial charge in [-0.15, -0.1) is 0 Å². The minimum Gasteiger partial charge on any atom is -0.301 e. The number of aryl methyl sites for hydroxylation is 1. The summed E-state index contributed by atoms with van der Waals surface area (Å²) in [4.78, 5) is 30.3. The Kier molecular flexibility index (Phi) is 2.81. The first-order chi connectivity index (χ1) is 9.54. The van der Waals surface area contributed by atoms with Crippen LogP contribution in [0.5, 0.6) is 0 Å². The lowest BCUT2D eigenvalue weighted by Crippen LogP contribution is -2.11. The molecule has 7 nitrogen and oxygen atoms in total. The number of rotatable bonds is 3. The highest BCUT2D eigenvalue weighted by Crippen LogP contribution is 2.38. The van der Waals surface area contributed by atoms with Gasteiger partial charge in [0.15, 0.2) is 0 Å². The molecule has 7 heteroatoms. The highest BCUT2D eigenvalue weighted by atomic mass is 16.6. The van der Waals surface area contributed by atoms with Gasteiger partial charge in [-0.05, 0) is 19.8 Å². The summed E-state index contributed by atoms with van der Waals surface area (Å²) < 4.78 is 1.49. The molecule has 0 N–H and O–H groups in total. The Morgan fingerprint density at radius 1 is 1.40 bits per heavy atom. The molecule has 0 radical (unpaired) electrons. The van der Waals surface area contributed by atoms with Crippen LogP contribution >= 0.6 is 0 Å². The maximum Gasteiger partial charge on any atom is 0.332 e. The molecule has 0 atom stereocenters. The molecule has 2 aromatic heterocycles. The van der Waals surface area contributed by atoms with Crippen LogP contribution in [0.2, 0.25) is 0 Å². The summed E-state index contributed by atoms with van der Waals surface area (Å²) in [6.07, 6.45) is 4.83. The highest BCUT2D eigenvalue weighted by molar-refractivity contribution is 5.33. The SMILES string of the molecule is Cc1cc(-n2ccc(=O)c([N+](=O)[O-])c2)nc(C2CC2)n1. The number of hydrogen-bond donors (Lipinski definition) is 0. The van der Waals surface area contributed by atoms with Crippen molar-refractivity contribution in [2.24, 2.45) is 0 Å². The highest BCUT2D eigenvalue weighted by Gasteiger charge is 2.27. The first-order valence-corrected chi connectivity index (χ1v) is 6.27. The fourth-order valence-electron chi connectivity index (χ4n) is 1.98. The maximum atomic E-state index is 11.4. The quantitative estimate of drug-likeness (QED) is 0.626. The van der Waals surface area contributed by atoms with Crippen molar-refractivity contribution in [2.75, 3.05) is 0 Å². The van der Waals surface area contributed by atoms with Crippen LogP contribution in [0.15, 0.2) is 29.3 Å². The standard InChI is InChI=1S/C13H12N4O3/c1-8-6-12(15-13(14-8)9-2-3-9)16-5-4-11(18)10(7-16)17(19)20/h4-7,9H,2-3H2,1H3. The third kappa shape index (κ3) is 2.29. The van der Waals surface area contributed by atoms with Crippen LogP contribution in [0, 0.1) is 17.0 Å². The van der Waals surface area contributed by atoms with E-state index in [1.165, 1.54) is 23.0 Å².